The summed E-state index contributed by atoms with van der Waals surface area (Å²) in [5.41, 5.74) is 0.696. The van der Waals surface area contributed by atoms with Gasteiger partial charge in [-0.3, -0.25) is 4.79 Å². The number of hydrogen-bond donors (Lipinski definition) is 1. The second-order valence-electron chi connectivity index (χ2n) is 1.68. The highest BCUT2D eigenvalue weighted by molar-refractivity contribution is 9.11. The van der Waals surface area contributed by atoms with Crippen molar-refractivity contribution in [1.82, 2.24) is 5.32 Å². The Morgan fingerprint density at radius 3 is 2.89 bits per heavy atom. The summed E-state index contributed by atoms with van der Waals surface area (Å²) in [6, 6.07) is 0. The van der Waals surface area contributed by atoms with E-state index in [1.165, 1.54) is 0 Å². The summed E-state index contributed by atoms with van der Waals surface area (Å²) in [5, 5.41) is 4.77. The Kier molecular flexibility index (Phi) is 2.18. The third kappa shape index (κ3) is 1.72. The van der Waals surface area contributed by atoms with Crippen LogP contribution in [0.25, 0.3) is 0 Å². The highest BCUT2D eigenvalue weighted by Crippen LogP contribution is 2.24. The van der Waals surface area contributed by atoms with E-state index in [-0.39, 0.29) is 10.1 Å². The Balaban J connectivity index is 2.55. The fourth-order valence-corrected chi connectivity index (χ4v) is 1.76. The molecule has 4 heteroatoms. The van der Waals surface area contributed by atoms with Gasteiger partial charge in [-0.15, -0.1) is 0 Å². The molecule has 1 atom stereocenters. The van der Waals surface area contributed by atoms with E-state index in [1.54, 1.807) is 18.7 Å². The molecule has 0 saturated heterocycles. The van der Waals surface area contributed by atoms with Crippen LogP contribution < -0.4 is 5.32 Å². The van der Waals surface area contributed by atoms with Crippen molar-refractivity contribution in [1.29, 1.82) is 0 Å². The van der Waals surface area contributed by atoms with E-state index in [0.717, 1.165) is 0 Å². The van der Waals surface area contributed by atoms with Crippen LogP contribution in [0.3, 0.4) is 0 Å². The normalized spacial score (nSPS) is 25.1. The summed E-state index contributed by atoms with van der Waals surface area (Å²) < 4.78 is 0.177. The molecule has 0 aliphatic carbocycles. The zero-order chi connectivity index (χ0) is 6.85. The minimum atomic E-state index is 0.0875. The van der Waals surface area contributed by atoms with Crippen LogP contribution >= 0.6 is 27.7 Å². The number of allylic oxidation sites excluding steroid dienone is 1. The second-order valence-corrected chi connectivity index (χ2v) is 4.19. The summed E-state index contributed by atoms with van der Waals surface area (Å²) in [5.74, 6) is 0.0875. The molecule has 0 radical (unpaired) electrons. The quantitative estimate of drug-likeness (QED) is 0.522. The summed E-state index contributed by atoms with van der Waals surface area (Å²) in [6.07, 6.45) is 0. The molecule has 0 aromatic carbocycles. The van der Waals surface area contributed by atoms with Crippen molar-refractivity contribution >= 4 is 33.5 Å². The van der Waals surface area contributed by atoms with Crippen molar-refractivity contribution in [3.63, 3.8) is 0 Å². The van der Waals surface area contributed by atoms with Gasteiger partial charge in [0.05, 0.1) is 5.70 Å². The summed E-state index contributed by atoms with van der Waals surface area (Å²) in [7, 11) is 0. The van der Waals surface area contributed by atoms with Crippen LogP contribution in [0.2, 0.25) is 0 Å². The van der Waals surface area contributed by atoms with Gasteiger partial charge in [-0.05, 0) is 0 Å². The second kappa shape index (κ2) is 2.75. The van der Waals surface area contributed by atoms with Crippen LogP contribution in [0.15, 0.2) is 11.1 Å². The maximum Gasteiger partial charge on any atom is 0.176 e. The Hall–Kier alpha value is 0.0400. The van der Waals surface area contributed by atoms with E-state index in [9.17, 15) is 4.79 Å². The van der Waals surface area contributed by atoms with Crippen molar-refractivity contribution in [2.75, 3.05) is 0 Å². The van der Waals surface area contributed by atoms with Gasteiger partial charge in [0.15, 0.2) is 5.78 Å². The lowest BCUT2D eigenvalue weighted by atomic mass is 10.4. The van der Waals surface area contributed by atoms with Crippen LogP contribution in [0.5, 0.6) is 0 Å². The molecule has 9 heavy (non-hydrogen) atoms. The number of thioether (sulfide) groups is 1. The smallest absolute Gasteiger partial charge is 0.176 e. The minimum Gasteiger partial charge on any atom is -0.361 e. The molecule has 1 unspecified atom stereocenters. The summed E-state index contributed by atoms with van der Waals surface area (Å²) in [6.45, 7) is 1.55. The first-order valence-corrected chi connectivity index (χ1v) is 4.33. The van der Waals surface area contributed by atoms with Gasteiger partial charge in [0.25, 0.3) is 0 Å². The van der Waals surface area contributed by atoms with Crippen LogP contribution in [-0.4, -0.2) is 10.1 Å². The first-order valence-electron chi connectivity index (χ1n) is 2.47. The average Bonchev–Trinajstić information content (AvgIpc) is 2.14. The maximum absolute atomic E-state index is 10.6. The number of Topliss-reactive ketones (excluding diaryl/α,β-unsaturated/α-hetero) is 1. The molecule has 0 aromatic rings. The molecule has 0 saturated carbocycles. The molecule has 0 amide bonds. The monoisotopic (exact) mass is 207 g/mol. The molecule has 50 valence electrons. The number of ketones is 1. The third-order valence-electron chi connectivity index (χ3n) is 0.954. The Morgan fingerprint density at radius 2 is 2.67 bits per heavy atom. The molecule has 0 fully saturated rings. The predicted molar refractivity (Wildman–Crippen MR) is 42.2 cm³/mol. The first kappa shape index (κ1) is 7.15. The van der Waals surface area contributed by atoms with Gasteiger partial charge >= 0.3 is 0 Å². The van der Waals surface area contributed by atoms with Crippen LogP contribution in [0.1, 0.15) is 6.92 Å². The number of hydrogen-bond acceptors (Lipinski definition) is 3. The van der Waals surface area contributed by atoms with E-state index in [0.29, 0.717) is 5.70 Å². The molecule has 1 rings (SSSR count). The van der Waals surface area contributed by atoms with Gasteiger partial charge in [-0.25, -0.2) is 0 Å². The lowest BCUT2D eigenvalue weighted by Gasteiger charge is -2.00. The van der Waals surface area contributed by atoms with Gasteiger partial charge in [0.1, 0.15) is 4.28 Å². The molecule has 1 heterocycles. The molecule has 0 spiro atoms. The number of halogens is 1. The van der Waals surface area contributed by atoms with Crippen molar-refractivity contribution in [2.45, 2.75) is 11.2 Å². The van der Waals surface area contributed by atoms with Gasteiger partial charge < -0.3 is 5.32 Å². The minimum absolute atomic E-state index is 0.0875. The first-order chi connectivity index (χ1) is 4.20. The molecule has 0 bridgehead atoms. The molecule has 0 aromatic heterocycles. The summed E-state index contributed by atoms with van der Waals surface area (Å²) in [4.78, 5) is 10.6. The predicted octanol–water partition coefficient (Wildman–Crippen LogP) is 1.43. The maximum atomic E-state index is 10.6. The van der Waals surface area contributed by atoms with Crippen LogP contribution in [0, 0.1) is 0 Å². The van der Waals surface area contributed by atoms with Gasteiger partial charge in [-0.1, -0.05) is 27.7 Å². The zero-order valence-electron chi connectivity index (χ0n) is 4.85. The lowest BCUT2D eigenvalue weighted by Crippen LogP contribution is -2.17. The van der Waals surface area contributed by atoms with E-state index < -0.39 is 0 Å². The fraction of sp³-hybridized carbons (Fsp3) is 0.400. The molecule has 1 N–H and O–H groups in total. The number of nitrogens with one attached hydrogen (secondary N) is 1. The Bertz CT molecular complexity index is 168. The highest BCUT2D eigenvalue weighted by atomic mass is 79.9. The van der Waals surface area contributed by atoms with E-state index in [1.807, 2.05) is 5.41 Å². The lowest BCUT2D eigenvalue weighted by molar-refractivity contribution is -0.113. The van der Waals surface area contributed by atoms with Crippen LogP contribution in [-0.2, 0) is 4.79 Å². The fourth-order valence-electron chi connectivity index (χ4n) is 0.503. The van der Waals surface area contributed by atoms with E-state index >= 15 is 0 Å². The number of carbonyl (C=O) groups is 1. The highest BCUT2D eigenvalue weighted by Gasteiger charge is 2.15. The van der Waals surface area contributed by atoms with Crippen molar-refractivity contribution in [3.05, 3.63) is 11.1 Å². The Labute approximate surface area is 66.2 Å². The standard InChI is InChI=1S/C5H6BrNOS/c1-3(8)4-2-9-5(6)7-4/h2,5,7H,1H3. The molecule has 2 nitrogen and oxygen atoms in total. The Morgan fingerprint density at radius 1 is 2.00 bits per heavy atom. The van der Waals surface area contributed by atoms with Gasteiger partial charge in [-0.2, -0.15) is 0 Å². The number of alkyl halides is 1. The number of rotatable bonds is 1. The third-order valence-corrected chi connectivity index (χ3v) is 2.56. The molecule has 1 aliphatic rings. The van der Waals surface area contributed by atoms with E-state index in [4.69, 9.17) is 0 Å². The van der Waals surface area contributed by atoms with Crippen molar-refractivity contribution in [3.8, 4) is 0 Å². The van der Waals surface area contributed by atoms with Crippen molar-refractivity contribution < 1.29 is 4.79 Å². The molecular weight excluding hydrogens is 202 g/mol. The van der Waals surface area contributed by atoms with E-state index in [2.05, 4.69) is 21.2 Å². The molecule has 1 aliphatic heterocycles. The van der Waals surface area contributed by atoms with Gasteiger partial charge in [0.2, 0.25) is 0 Å². The SMILES string of the molecule is CC(=O)C1=CSC(Br)N1. The topological polar surface area (TPSA) is 29.1 Å². The zero-order valence-corrected chi connectivity index (χ0v) is 7.25. The van der Waals surface area contributed by atoms with Crippen molar-refractivity contribution in [2.24, 2.45) is 0 Å². The largest absolute Gasteiger partial charge is 0.361 e. The number of carbonyl (C=O) groups excluding carboxylic acids is 1. The molecular formula is C5H6BrNOS. The van der Waals surface area contributed by atoms with Crippen LogP contribution in [0.4, 0.5) is 0 Å². The van der Waals surface area contributed by atoms with Gasteiger partial charge in [0, 0.05) is 12.3 Å². The summed E-state index contributed by atoms with van der Waals surface area (Å²) >= 11 is 4.85. The average molecular weight is 208 g/mol.